The molecule has 0 bridgehead atoms. The molecule has 1 aromatic carbocycles. The van der Waals surface area contributed by atoms with E-state index in [-0.39, 0.29) is 53.7 Å². The van der Waals surface area contributed by atoms with Crippen LogP contribution in [0.2, 0.25) is 5.02 Å². The van der Waals surface area contributed by atoms with Crippen molar-refractivity contribution in [2.45, 2.75) is 82.1 Å². The smallest absolute Gasteiger partial charge is 0.273 e. The second-order valence-electron chi connectivity index (χ2n) is 10.5. The molecule has 1 heterocycles. The van der Waals surface area contributed by atoms with Gasteiger partial charge in [0.05, 0.1) is 29.2 Å². The van der Waals surface area contributed by atoms with Crippen LogP contribution in [0.25, 0.3) is 11.3 Å². The monoisotopic (exact) mass is 587 g/mol. The van der Waals surface area contributed by atoms with Crippen molar-refractivity contribution in [3.63, 3.8) is 0 Å². The van der Waals surface area contributed by atoms with Crippen LogP contribution in [0.1, 0.15) is 68.8 Å². The van der Waals surface area contributed by atoms with E-state index in [2.05, 4.69) is 10.4 Å². The Balaban J connectivity index is 1.46. The zero-order chi connectivity index (χ0) is 28.4. The summed E-state index contributed by atoms with van der Waals surface area (Å²) in [5, 5.41) is 7.25. The van der Waals surface area contributed by atoms with Gasteiger partial charge in [-0.05, 0) is 63.5 Å². The van der Waals surface area contributed by atoms with Gasteiger partial charge in [0, 0.05) is 43.8 Å². The highest BCUT2D eigenvalue weighted by atomic mass is 35.5. The van der Waals surface area contributed by atoms with Crippen molar-refractivity contribution in [1.29, 1.82) is 0 Å². The minimum atomic E-state index is -3.04. The highest BCUT2D eigenvalue weighted by Gasteiger charge is 2.36. The zero-order valence-electron chi connectivity index (χ0n) is 22.5. The molecule has 1 N–H and O–H groups in total. The van der Waals surface area contributed by atoms with Gasteiger partial charge in [0.2, 0.25) is 5.92 Å². The number of carbonyl (C=O) groups is 1. The Morgan fingerprint density at radius 3 is 2.44 bits per heavy atom. The number of ether oxygens (including phenoxy) is 2. The molecule has 216 valence electrons. The average molecular weight is 588 g/mol. The summed E-state index contributed by atoms with van der Waals surface area (Å²) in [6.45, 7) is 2.76. The summed E-state index contributed by atoms with van der Waals surface area (Å²) in [5.41, 5.74) is 1.25. The van der Waals surface area contributed by atoms with Gasteiger partial charge in [-0.3, -0.25) is 9.48 Å². The third kappa shape index (κ3) is 7.03. The first-order chi connectivity index (χ1) is 18.4. The molecule has 0 saturated heterocycles. The zero-order valence-corrected chi connectivity index (χ0v) is 24.1. The lowest BCUT2D eigenvalue weighted by Gasteiger charge is -2.28. The summed E-state index contributed by atoms with van der Waals surface area (Å²) in [5.74, 6) is -1.86. The molecular weight excluding hydrogens is 552 g/mol. The maximum atomic E-state index is 13.5. The highest BCUT2D eigenvalue weighted by molar-refractivity contribution is 7.91. The fourth-order valence-electron chi connectivity index (χ4n) is 5.42. The Hall–Kier alpha value is -2.40. The Bertz CT molecular complexity index is 1280. The van der Waals surface area contributed by atoms with E-state index >= 15 is 0 Å². The van der Waals surface area contributed by atoms with Gasteiger partial charge in [0.1, 0.15) is 21.3 Å². The first kappa shape index (κ1) is 29.6. The molecule has 2 aromatic rings. The standard InChI is InChI=1S/C27H36ClF2N3O5S/c1-4-33-25(21-10-7-19(15-22(21)37-2)38-18-11-13-27(29,30)14-12-18)23(28)24(32-33)26(34)31-16-17-5-8-20(9-6-17)39(3,35)36/h7,10,15,17-18,20H,4-6,8-9,11-14,16H2,1-3H3,(H,31,34)/t17-,20-. The van der Waals surface area contributed by atoms with E-state index in [1.54, 1.807) is 22.9 Å². The quantitative estimate of drug-likeness (QED) is 0.415. The van der Waals surface area contributed by atoms with Crippen LogP contribution in [0.15, 0.2) is 18.2 Å². The lowest BCUT2D eigenvalue weighted by atomic mass is 9.89. The molecule has 2 saturated carbocycles. The number of halogens is 3. The Kier molecular flexibility index (Phi) is 9.10. The third-order valence-electron chi connectivity index (χ3n) is 7.75. The summed E-state index contributed by atoms with van der Waals surface area (Å²) >= 11 is 6.71. The van der Waals surface area contributed by atoms with Crippen LogP contribution in [0.3, 0.4) is 0 Å². The summed E-state index contributed by atoms with van der Waals surface area (Å²) in [6, 6.07) is 5.20. The number of hydrogen-bond acceptors (Lipinski definition) is 6. The number of nitrogens with zero attached hydrogens (tertiary/aromatic N) is 2. The molecule has 39 heavy (non-hydrogen) atoms. The second kappa shape index (κ2) is 12.0. The van der Waals surface area contributed by atoms with Crippen molar-refractivity contribution in [2.75, 3.05) is 19.9 Å². The molecule has 1 amide bonds. The molecule has 0 spiro atoms. The van der Waals surface area contributed by atoms with Crippen molar-refractivity contribution in [3.8, 4) is 22.8 Å². The Morgan fingerprint density at radius 1 is 1.18 bits per heavy atom. The second-order valence-corrected chi connectivity index (χ2v) is 13.2. The van der Waals surface area contributed by atoms with Gasteiger partial charge in [-0.2, -0.15) is 5.10 Å². The van der Waals surface area contributed by atoms with Crippen molar-refractivity contribution in [3.05, 3.63) is 28.9 Å². The lowest BCUT2D eigenvalue weighted by molar-refractivity contribution is -0.0582. The topological polar surface area (TPSA) is 99.5 Å². The van der Waals surface area contributed by atoms with E-state index in [0.29, 0.717) is 48.7 Å². The molecule has 2 aliphatic carbocycles. The van der Waals surface area contributed by atoms with E-state index in [1.807, 2.05) is 6.92 Å². The third-order valence-corrected chi connectivity index (χ3v) is 9.80. The van der Waals surface area contributed by atoms with Crippen molar-refractivity contribution in [1.82, 2.24) is 15.1 Å². The van der Waals surface area contributed by atoms with Crippen molar-refractivity contribution >= 4 is 27.3 Å². The molecule has 0 radical (unpaired) electrons. The summed E-state index contributed by atoms with van der Waals surface area (Å²) in [7, 11) is -1.53. The number of sulfone groups is 1. The first-order valence-electron chi connectivity index (χ1n) is 13.4. The van der Waals surface area contributed by atoms with Crippen LogP contribution in [0, 0.1) is 5.92 Å². The van der Waals surface area contributed by atoms with E-state index in [4.69, 9.17) is 21.1 Å². The predicted octanol–water partition coefficient (Wildman–Crippen LogP) is 5.52. The molecule has 0 atom stereocenters. The number of benzene rings is 1. The van der Waals surface area contributed by atoms with Gasteiger partial charge in [0.15, 0.2) is 5.69 Å². The number of amides is 1. The fraction of sp³-hybridized carbons (Fsp3) is 0.630. The molecule has 2 fully saturated rings. The van der Waals surface area contributed by atoms with Crippen molar-refractivity contribution < 1.29 is 31.5 Å². The van der Waals surface area contributed by atoms with E-state index < -0.39 is 21.7 Å². The fourth-order valence-corrected chi connectivity index (χ4v) is 6.87. The first-order valence-corrected chi connectivity index (χ1v) is 15.7. The number of nitrogens with one attached hydrogen (secondary N) is 1. The predicted molar refractivity (Wildman–Crippen MR) is 146 cm³/mol. The van der Waals surface area contributed by atoms with Crippen LogP contribution in [0.4, 0.5) is 8.78 Å². The highest BCUT2D eigenvalue weighted by Crippen LogP contribution is 2.40. The maximum absolute atomic E-state index is 13.5. The van der Waals surface area contributed by atoms with Gasteiger partial charge in [0.25, 0.3) is 5.91 Å². The average Bonchev–Trinajstić information content (AvgIpc) is 3.24. The minimum Gasteiger partial charge on any atom is -0.496 e. The SMILES string of the molecule is CCn1nc(C(=O)NC[C@H]2CC[C@H](S(C)(=O)=O)CC2)c(Cl)c1-c1ccc(OC2CCC(F)(F)CC2)cc1OC. The van der Waals surface area contributed by atoms with Crippen LogP contribution in [-0.4, -0.2) is 61.3 Å². The summed E-state index contributed by atoms with van der Waals surface area (Å²) < 4.78 is 63.8. The van der Waals surface area contributed by atoms with Crippen molar-refractivity contribution in [2.24, 2.45) is 5.92 Å². The number of methoxy groups -OCH3 is 1. The van der Waals surface area contributed by atoms with Crippen LogP contribution in [-0.2, 0) is 16.4 Å². The molecule has 12 heteroatoms. The molecule has 4 rings (SSSR count). The van der Waals surface area contributed by atoms with Gasteiger partial charge in [-0.15, -0.1) is 0 Å². The van der Waals surface area contributed by atoms with E-state index in [1.165, 1.54) is 13.4 Å². The molecular formula is C27H36ClF2N3O5S. The molecule has 0 aliphatic heterocycles. The van der Waals surface area contributed by atoms with E-state index in [0.717, 1.165) is 12.8 Å². The summed E-state index contributed by atoms with van der Waals surface area (Å²) in [6.07, 6.45) is 3.83. The lowest BCUT2D eigenvalue weighted by Crippen LogP contribution is -2.34. The summed E-state index contributed by atoms with van der Waals surface area (Å²) in [4.78, 5) is 13.0. The van der Waals surface area contributed by atoms with Crippen LogP contribution in [0.5, 0.6) is 11.5 Å². The number of rotatable bonds is 9. The number of carbonyl (C=O) groups excluding carboxylic acids is 1. The Labute approximate surface area is 233 Å². The minimum absolute atomic E-state index is 0.101. The maximum Gasteiger partial charge on any atom is 0.273 e. The van der Waals surface area contributed by atoms with Gasteiger partial charge < -0.3 is 14.8 Å². The van der Waals surface area contributed by atoms with Gasteiger partial charge in [-0.25, -0.2) is 17.2 Å². The number of alkyl halides is 2. The molecule has 0 unspecified atom stereocenters. The largest absolute Gasteiger partial charge is 0.496 e. The molecule has 2 aliphatic rings. The van der Waals surface area contributed by atoms with Crippen LogP contribution >= 0.6 is 11.6 Å². The number of aromatic nitrogens is 2. The number of hydrogen-bond donors (Lipinski definition) is 1. The van der Waals surface area contributed by atoms with E-state index in [9.17, 15) is 22.0 Å². The molecule has 1 aromatic heterocycles. The number of aryl methyl sites for hydroxylation is 1. The van der Waals surface area contributed by atoms with Gasteiger partial charge >= 0.3 is 0 Å². The Morgan fingerprint density at radius 2 is 1.85 bits per heavy atom. The normalized spacial score (nSPS) is 21.9. The molecule has 8 nitrogen and oxygen atoms in total. The van der Waals surface area contributed by atoms with Gasteiger partial charge in [-0.1, -0.05) is 11.6 Å². The van der Waals surface area contributed by atoms with Crippen LogP contribution < -0.4 is 14.8 Å².